The standard InChI is InChI=1S/C20H31NO3S/c1-4-6-8-14-24-20-15-18(9-7-5-2)16-21(20)25(22,23)19-12-10-17(3)11-13-19/h10-13,15,20H,4-9,14,16H2,1-3H3/t20-/m0/s1. The highest BCUT2D eigenvalue weighted by Gasteiger charge is 2.35. The molecule has 0 aromatic heterocycles. The van der Waals surface area contributed by atoms with E-state index in [9.17, 15) is 8.42 Å². The summed E-state index contributed by atoms with van der Waals surface area (Å²) in [6.07, 6.45) is 7.83. The molecule has 1 atom stereocenters. The third-order valence-corrected chi connectivity index (χ3v) is 6.36. The highest BCUT2D eigenvalue weighted by atomic mass is 32.2. The summed E-state index contributed by atoms with van der Waals surface area (Å²) in [7, 11) is -3.55. The summed E-state index contributed by atoms with van der Waals surface area (Å²) in [5.41, 5.74) is 2.22. The Labute approximate surface area is 152 Å². The van der Waals surface area contributed by atoms with Crippen LogP contribution in [-0.4, -0.2) is 32.1 Å². The van der Waals surface area contributed by atoms with E-state index in [1.807, 2.05) is 25.1 Å². The van der Waals surface area contributed by atoms with E-state index in [1.165, 1.54) is 4.31 Å². The number of hydrogen-bond donors (Lipinski definition) is 0. The molecule has 0 bridgehead atoms. The summed E-state index contributed by atoms with van der Waals surface area (Å²) < 4.78 is 33.6. The number of aryl methyl sites for hydroxylation is 1. The lowest BCUT2D eigenvalue weighted by atomic mass is 10.1. The van der Waals surface area contributed by atoms with E-state index < -0.39 is 16.3 Å². The number of unbranched alkanes of at least 4 members (excludes halogenated alkanes) is 3. The van der Waals surface area contributed by atoms with Crippen molar-refractivity contribution in [2.24, 2.45) is 0 Å². The van der Waals surface area contributed by atoms with Crippen LogP contribution in [0.4, 0.5) is 0 Å². The van der Waals surface area contributed by atoms with Crippen molar-refractivity contribution in [2.45, 2.75) is 70.4 Å². The molecule has 0 N–H and O–H groups in total. The Morgan fingerprint density at radius 2 is 1.76 bits per heavy atom. The van der Waals surface area contributed by atoms with Crippen LogP contribution in [0.5, 0.6) is 0 Å². The largest absolute Gasteiger partial charge is 0.358 e. The molecular weight excluding hydrogens is 334 g/mol. The van der Waals surface area contributed by atoms with E-state index in [0.717, 1.165) is 49.7 Å². The first-order valence-electron chi connectivity index (χ1n) is 9.38. The molecule has 0 spiro atoms. The summed E-state index contributed by atoms with van der Waals surface area (Å²) in [6.45, 7) is 7.28. The van der Waals surface area contributed by atoms with Crippen LogP contribution in [-0.2, 0) is 14.8 Å². The number of sulfonamides is 1. The summed E-state index contributed by atoms with van der Waals surface area (Å²) in [5, 5.41) is 0. The molecule has 4 nitrogen and oxygen atoms in total. The van der Waals surface area contributed by atoms with Gasteiger partial charge in [-0.15, -0.1) is 0 Å². The van der Waals surface area contributed by atoms with Crippen LogP contribution in [0.15, 0.2) is 40.8 Å². The van der Waals surface area contributed by atoms with Crippen molar-refractivity contribution in [2.75, 3.05) is 13.2 Å². The number of rotatable bonds is 10. The van der Waals surface area contributed by atoms with E-state index in [-0.39, 0.29) is 0 Å². The number of nitrogens with zero attached hydrogens (tertiary/aromatic N) is 1. The van der Waals surface area contributed by atoms with Crippen molar-refractivity contribution < 1.29 is 13.2 Å². The quantitative estimate of drug-likeness (QED) is 0.448. The van der Waals surface area contributed by atoms with Crippen LogP contribution < -0.4 is 0 Å². The monoisotopic (exact) mass is 365 g/mol. The fourth-order valence-electron chi connectivity index (χ4n) is 2.95. The van der Waals surface area contributed by atoms with Crippen LogP contribution in [0.3, 0.4) is 0 Å². The molecule has 5 heteroatoms. The topological polar surface area (TPSA) is 46.6 Å². The molecule has 1 aliphatic rings. The zero-order chi connectivity index (χ0) is 18.3. The van der Waals surface area contributed by atoms with Gasteiger partial charge in [0.05, 0.1) is 4.90 Å². The average molecular weight is 366 g/mol. The first kappa shape index (κ1) is 20.1. The SMILES string of the molecule is CCCCCO[C@H]1C=C(CCCC)CN1S(=O)(=O)c1ccc(C)cc1. The lowest BCUT2D eigenvalue weighted by Gasteiger charge is -2.24. The van der Waals surface area contributed by atoms with Crippen molar-refractivity contribution in [3.8, 4) is 0 Å². The first-order chi connectivity index (χ1) is 12.0. The summed E-state index contributed by atoms with van der Waals surface area (Å²) in [5.74, 6) is 0. The van der Waals surface area contributed by atoms with Crippen LogP contribution in [0.2, 0.25) is 0 Å². The second-order valence-corrected chi connectivity index (χ2v) is 8.65. The lowest BCUT2D eigenvalue weighted by Crippen LogP contribution is -2.38. The molecule has 0 saturated carbocycles. The van der Waals surface area contributed by atoms with Crippen molar-refractivity contribution in [1.82, 2.24) is 4.31 Å². The molecule has 25 heavy (non-hydrogen) atoms. The Morgan fingerprint density at radius 1 is 1.08 bits per heavy atom. The summed E-state index contributed by atoms with van der Waals surface area (Å²) >= 11 is 0. The van der Waals surface area contributed by atoms with Gasteiger partial charge in [0.25, 0.3) is 0 Å². The Bertz CT molecular complexity index is 665. The third-order valence-electron chi connectivity index (χ3n) is 4.54. The molecule has 0 fully saturated rings. The minimum absolute atomic E-state index is 0.338. The Balaban J connectivity index is 2.15. The Kier molecular flexibility index (Phi) is 7.66. The van der Waals surface area contributed by atoms with Gasteiger partial charge in [-0.05, 0) is 44.4 Å². The van der Waals surface area contributed by atoms with Gasteiger partial charge >= 0.3 is 0 Å². The van der Waals surface area contributed by atoms with Gasteiger partial charge in [0, 0.05) is 13.2 Å². The molecule has 0 aliphatic carbocycles. The van der Waals surface area contributed by atoms with E-state index in [4.69, 9.17) is 4.74 Å². The molecule has 1 aliphatic heterocycles. The number of hydrogen-bond acceptors (Lipinski definition) is 3. The van der Waals surface area contributed by atoms with Crippen LogP contribution in [0.25, 0.3) is 0 Å². The predicted octanol–water partition coefficient (Wildman–Crippen LogP) is 4.65. The normalized spacial score (nSPS) is 18.5. The second kappa shape index (κ2) is 9.51. The van der Waals surface area contributed by atoms with E-state index in [0.29, 0.717) is 18.0 Å². The van der Waals surface area contributed by atoms with Gasteiger partial charge in [-0.25, -0.2) is 8.42 Å². The molecule has 0 saturated heterocycles. The molecule has 0 radical (unpaired) electrons. The van der Waals surface area contributed by atoms with Crippen molar-refractivity contribution in [1.29, 1.82) is 0 Å². The molecule has 0 unspecified atom stereocenters. The van der Waals surface area contributed by atoms with Gasteiger partial charge in [0.15, 0.2) is 0 Å². The number of benzene rings is 1. The molecule has 0 amide bonds. The third kappa shape index (κ3) is 5.40. The van der Waals surface area contributed by atoms with Gasteiger partial charge < -0.3 is 4.74 Å². The number of ether oxygens (including phenoxy) is 1. The molecule has 1 aromatic rings. The van der Waals surface area contributed by atoms with Gasteiger partial charge in [0.1, 0.15) is 6.23 Å². The van der Waals surface area contributed by atoms with E-state index in [2.05, 4.69) is 13.8 Å². The zero-order valence-corrected chi connectivity index (χ0v) is 16.5. The van der Waals surface area contributed by atoms with Gasteiger partial charge in [-0.3, -0.25) is 0 Å². The Hall–Kier alpha value is -1.17. The van der Waals surface area contributed by atoms with Crippen molar-refractivity contribution >= 4 is 10.0 Å². The van der Waals surface area contributed by atoms with E-state index >= 15 is 0 Å². The highest BCUT2D eigenvalue weighted by Crippen LogP contribution is 2.28. The zero-order valence-electron chi connectivity index (χ0n) is 15.7. The molecule has 140 valence electrons. The van der Waals surface area contributed by atoms with Gasteiger partial charge in [-0.2, -0.15) is 4.31 Å². The maximum absolute atomic E-state index is 13.1. The maximum atomic E-state index is 13.1. The van der Waals surface area contributed by atoms with Gasteiger partial charge in [-0.1, -0.05) is 56.4 Å². The fourth-order valence-corrected chi connectivity index (χ4v) is 4.43. The molecule has 1 heterocycles. The van der Waals surface area contributed by atoms with Gasteiger partial charge in [0.2, 0.25) is 10.0 Å². The average Bonchev–Trinajstić information content (AvgIpc) is 3.01. The van der Waals surface area contributed by atoms with Crippen LogP contribution in [0.1, 0.15) is 57.9 Å². The summed E-state index contributed by atoms with van der Waals surface area (Å²) in [4.78, 5) is 0.338. The molecule has 2 rings (SSSR count). The van der Waals surface area contributed by atoms with Crippen LogP contribution in [0, 0.1) is 6.92 Å². The lowest BCUT2D eigenvalue weighted by molar-refractivity contribution is 0.0237. The molecular formula is C20H31NO3S. The summed E-state index contributed by atoms with van der Waals surface area (Å²) in [6, 6.07) is 7.04. The Morgan fingerprint density at radius 3 is 2.40 bits per heavy atom. The van der Waals surface area contributed by atoms with Crippen molar-refractivity contribution in [3.05, 3.63) is 41.5 Å². The second-order valence-electron chi connectivity index (χ2n) is 6.76. The van der Waals surface area contributed by atoms with E-state index in [1.54, 1.807) is 12.1 Å². The molecule has 1 aromatic carbocycles. The maximum Gasteiger partial charge on any atom is 0.245 e. The highest BCUT2D eigenvalue weighted by molar-refractivity contribution is 7.89. The van der Waals surface area contributed by atoms with Crippen LogP contribution >= 0.6 is 0 Å². The smallest absolute Gasteiger partial charge is 0.245 e. The fraction of sp³-hybridized carbons (Fsp3) is 0.600. The first-order valence-corrected chi connectivity index (χ1v) is 10.8. The predicted molar refractivity (Wildman–Crippen MR) is 102 cm³/mol. The minimum Gasteiger partial charge on any atom is -0.358 e. The minimum atomic E-state index is -3.55. The van der Waals surface area contributed by atoms with Crippen molar-refractivity contribution in [3.63, 3.8) is 0 Å².